The van der Waals surface area contributed by atoms with Gasteiger partial charge in [0.25, 0.3) is 0 Å². The van der Waals surface area contributed by atoms with Crippen LogP contribution < -0.4 is 4.90 Å². The summed E-state index contributed by atoms with van der Waals surface area (Å²) in [6.07, 6.45) is 0.930. The van der Waals surface area contributed by atoms with E-state index in [-0.39, 0.29) is 5.91 Å². The maximum Gasteiger partial charge on any atom is 0.228 e. The largest absolute Gasteiger partial charge is 0.281 e. The number of rotatable bonds is 2. The van der Waals surface area contributed by atoms with Crippen LogP contribution in [0.25, 0.3) is 11.1 Å². The van der Waals surface area contributed by atoms with Crippen LogP contribution in [0.4, 0.5) is 11.4 Å². The molecule has 0 saturated heterocycles. The van der Waals surface area contributed by atoms with E-state index in [1.54, 1.807) is 11.8 Å². The molecule has 0 saturated carbocycles. The smallest absolute Gasteiger partial charge is 0.228 e. The highest BCUT2D eigenvalue weighted by atomic mass is 16.2. The van der Waals surface area contributed by atoms with Gasteiger partial charge in [-0.1, -0.05) is 48.5 Å². The third-order valence-corrected chi connectivity index (χ3v) is 4.36. The second kappa shape index (κ2) is 5.40. The van der Waals surface area contributed by atoms with Crippen molar-refractivity contribution >= 4 is 17.3 Å². The van der Waals surface area contributed by atoms with E-state index in [1.165, 1.54) is 22.3 Å². The molecule has 0 unspecified atom stereocenters. The number of fused-ring (bicyclic) bond motifs is 3. The molecule has 4 rings (SSSR count). The molecule has 3 aromatic rings. The second-order valence-corrected chi connectivity index (χ2v) is 5.87. The number of carbonyl (C=O) groups excluding carboxylic acids is 1. The highest BCUT2D eigenvalue weighted by Crippen LogP contribution is 2.39. The molecule has 23 heavy (non-hydrogen) atoms. The predicted molar refractivity (Wildman–Crippen MR) is 93.9 cm³/mol. The molecule has 0 aliphatic heterocycles. The highest BCUT2D eigenvalue weighted by molar-refractivity contribution is 5.99. The zero-order valence-electron chi connectivity index (χ0n) is 13.0. The summed E-state index contributed by atoms with van der Waals surface area (Å²) in [5, 5.41) is 0. The molecule has 0 heterocycles. The monoisotopic (exact) mass is 299 g/mol. The molecule has 0 radical (unpaired) electrons. The van der Waals surface area contributed by atoms with Crippen LogP contribution in [0.1, 0.15) is 18.1 Å². The van der Waals surface area contributed by atoms with Crippen LogP contribution in [0.15, 0.2) is 72.8 Å². The summed E-state index contributed by atoms with van der Waals surface area (Å²) in [6.45, 7) is 1.61. The number of hydrogen-bond donors (Lipinski definition) is 0. The normalized spacial score (nSPS) is 11.7. The first-order chi connectivity index (χ1) is 11.2. The van der Waals surface area contributed by atoms with Gasteiger partial charge < -0.3 is 0 Å². The van der Waals surface area contributed by atoms with Gasteiger partial charge in [0.1, 0.15) is 0 Å². The molecule has 0 spiro atoms. The Morgan fingerprint density at radius 2 is 1.48 bits per heavy atom. The van der Waals surface area contributed by atoms with Gasteiger partial charge in [-0.25, -0.2) is 0 Å². The van der Waals surface area contributed by atoms with Crippen molar-refractivity contribution in [3.8, 4) is 11.1 Å². The van der Waals surface area contributed by atoms with Crippen LogP contribution in [0.2, 0.25) is 0 Å². The third kappa shape index (κ3) is 2.33. The van der Waals surface area contributed by atoms with Crippen LogP contribution in [0.5, 0.6) is 0 Å². The van der Waals surface area contributed by atoms with Gasteiger partial charge in [0, 0.05) is 18.3 Å². The Morgan fingerprint density at radius 3 is 2.26 bits per heavy atom. The van der Waals surface area contributed by atoms with Crippen LogP contribution in [0, 0.1) is 0 Å². The number of anilines is 2. The Labute approximate surface area is 136 Å². The minimum absolute atomic E-state index is 0.0201. The average Bonchev–Trinajstić information content (AvgIpc) is 2.93. The van der Waals surface area contributed by atoms with Crippen molar-refractivity contribution < 1.29 is 4.79 Å². The van der Waals surface area contributed by atoms with Gasteiger partial charge in [-0.3, -0.25) is 9.69 Å². The molecule has 0 fully saturated rings. The third-order valence-electron chi connectivity index (χ3n) is 4.36. The van der Waals surface area contributed by atoms with Crippen molar-refractivity contribution in [3.05, 3.63) is 83.9 Å². The fourth-order valence-electron chi connectivity index (χ4n) is 3.36. The van der Waals surface area contributed by atoms with E-state index >= 15 is 0 Å². The standard InChI is InChI=1S/C21H17NO/c1-15(23)22(18-8-3-2-4-9-18)19-11-12-21-17(14-19)13-16-7-5-6-10-20(16)21/h2-12,14H,13H2,1H3. The van der Waals surface area contributed by atoms with Gasteiger partial charge in [0.15, 0.2) is 0 Å². The first-order valence-electron chi connectivity index (χ1n) is 7.81. The van der Waals surface area contributed by atoms with Crippen molar-refractivity contribution in [2.75, 3.05) is 4.90 Å². The Morgan fingerprint density at radius 1 is 0.783 bits per heavy atom. The Kier molecular flexibility index (Phi) is 3.23. The first-order valence-corrected chi connectivity index (χ1v) is 7.81. The number of carbonyl (C=O) groups is 1. The minimum atomic E-state index is 0.0201. The van der Waals surface area contributed by atoms with Gasteiger partial charge in [-0.15, -0.1) is 0 Å². The molecule has 1 aliphatic carbocycles. The van der Waals surface area contributed by atoms with Crippen molar-refractivity contribution in [2.45, 2.75) is 13.3 Å². The number of hydrogen-bond acceptors (Lipinski definition) is 1. The summed E-state index contributed by atoms with van der Waals surface area (Å²) < 4.78 is 0. The molecule has 0 atom stereocenters. The van der Waals surface area contributed by atoms with E-state index in [9.17, 15) is 4.79 Å². The van der Waals surface area contributed by atoms with Crippen LogP contribution in [-0.4, -0.2) is 5.91 Å². The minimum Gasteiger partial charge on any atom is -0.281 e. The van der Waals surface area contributed by atoms with Gasteiger partial charge in [0.05, 0.1) is 0 Å². The van der Waals surface area contributed by atoms with Crippen LogP contribution >= 0.6 is 0 Å². The van der Waals surface area contributed by atoms with E-state index in [2.05, 4.69) is 36.4 Å². The molecule has 2 heteroatoms. The second-order valence-electron chi connectivity index (χ2n) is 5.87. The van der Waals surface area contributed by atoms with Crippen molar-refractivity contribution in [1.82, 2.24) is 0 Å². The van der Waals surface area contributed by atoms with E-state index in [4.69, 9.17) is 0 Å². The SMILES string of the molecule is CC(=O)N(c1ccccc1)c1ccc2c(c1)Cc1ccccc1-2. The molecule has 2 nitrogen and oxygen atoms in total. The fourth-order valence-corrected chi connectivity index (χ4v) is 3.36. The summed E-state index contributed by atoms with van der Waals surface area (Å²) >= 11 is 0. The maximum absolute atomic E-state index is 12.2. The molecule has 1 aliphatic rings. The number of nitrogens with zero attached hydrogens (tertiary/aromatic N) is 1. The molecule has 0 bridgehead atoms. The van der Waals surface area contributed by atoms with Gasteiger partial charge >= 0.3 is 0 Å². The lowest BCUT2D eigenvalue weighted by atomic mass is 10.0. The summed E-state index contributed by atoms with van der Waals surface area (Å²) in [7, 11) is 0. The summed E-state index contributed by atoms with van der Waals surface area (Å²) in [5.41, 5.74) is 7.05. The Balaban J connectivity index is 1.79. The summed E-state index contributed by atoms with van der Waals surface area (Å²) in [6, 6.07) is 24.6. The molecule has 3 aromatic carbocycles. The average molecular weight is 299 g/mol. The predicted octanol–water partition coefficient (Wildman–Crippen LogP) is 4.94. The van der Waals surface area contributed by atoms with Crippen molar-refractivity contribution in [2.24, 2.45) is 0 Å². The summed E-state index contributed by atoms with van der Waals surface area (Å²) in [4.78, 5) is 14.0. The lowest BCUT2D eigenvalue weighted by molar-refractivity contribution is -0.115. The van der Waals surface area contributed by atoms with Crippen molar-refractivity contribution in [3.63, 3.8) is 0 Å². The van der Waals surface area contributed by atoms with Gasteiger partial charge in [-0.05, 0) is 52.9 Å². The zero-order chi connectivity index (χ0) is 15.8. The number of para-hydroxylation sites is 1. The Hall–Kier alpha value is -2.87. The zero-order valence-corrected chi connectivity index (χ0v) is 13.0. The lowest BCUT2D eigenvalue weighted by Gasteiger charge is -2.22. The molecular weight excluding hydrogens is 282 g/mol. The van der Waals surface area contributed by atoms with E-state index in [0.29, 0.717) is 0 Å². The quantitative estimate of drug-likeness (QED) is 0.513. The molecule has 112 valence electrons. The number of benzene rings is 3. The maximum atomic E-state index is 12.2. The number of amides is 1. The fraction of sp³-hybridized carbons (Fsp3) is 0.0952. The van der Waals surface area contributed by atoms with E-state index in [0.717, 1.165) is 17.8 Å². The van der Waals surface area contributed by atoms with E-state index in [1.807, 2.05) is 36.4 Å². The highest BCUT2D eigenvalue weighted by Gasteiger charge is 2.21. The lowest BCUT2D eigenvalue weighted by Crippen LogP contribution is -2.22. The molecule has 0 aromatic heterocycles. The topological polar surface area (TPSA) is 20.3 Å². The van der Waals surface area contributed by atoms with Crippen LogP contribution in [0.3, 0.4) is 0 Å². The molecule has 0 N–H and O–H groups in total. The Bertz CT molecular complexity index is 883. The van der Waals surface area contributed by atoms with Gasteiger partial charge in [-0.2, -0.15) is 0 Å². The summed E-state index contributed by atoms with van der Waals surface area (Å²) in [5.74, 6) is 0.0201. The van der Waals surface area contributed by atoms with E-state index < -0.39 is 0 Å². The molecule has 1 amide bonds. The van der Waals surface area contributed by atoms with Gasteiger partial charge in [0.2, 0.25) is 5.91 Å². The first kappa shape index (κ1) is 13.8. The van der Waals surface area contributed by atoms with Crippen LogP contribution in [-0.2, 0) is 11.2 Å². The van der Waals surface area contributed by atoms with Crippen molar-refractivity contribution in [1.29, 1.82) is 0 Å². The molecular formula is C21H17NO.